The van der Waals surface area contributed by atoms with Crippen molar-refractivity contribution in [1.29, 1.82) is 0 Å². The zero-order valence-corrected chi connectivity index (χ0v) is 11.1. The van der Waals surface area contributed by atoms with Gasteiger partial charge >= 0.3 is 0 Å². The molecule has 6 nitrogen and oxygen atoms in total. The number of hydrogen-bond donors (Lipinski definition) is 1. The van der Waals surface area contributed by atoms with E-state index in [2.05, 4.69) is 15.5 Å². The molecule has 3 rings (SSSR count). The summed E-state index contributed by atoms with van der Waals surface area (Å²) in [5.74, 6) is 2.02. The van der Waals surface area contributed by atoms with Crippen LogP contribution in [0, 0.1) is 0 Å². The van der Waals surface area contributed by atoms with Gasteiger partial charge in [0.05, 0.1) is 13.2 Å². The number of nitrogens with zero attached hydrogens (tertiary/aromatic N) is 2. The third-order valence-corrected chi connectivity index (χ3v) is 3.02. The minimum atomic E-state index is -0.139. The van der Waals surface area contributed by atoms with E-state index in [1.54, 1.807) is 0 Å². The minimum Gasteiger partial charge on any atom is -0.493 e. The molecule has 0 amide bonds. The summed E-state index contributed by atoms with van der Waals surface area (Å²) in [7, 11) is 0. The summed E-state index contributed by atoms with van der Waals surface area (Å²) in [5, 5.41) is 7.18. The van der Waals surface area contributed by atoms with E-state index in [0.29, 0.717) is 37.9 Å². The van der Waals surface area contributed by atoms with Gasteiger partial charge in [0.25, 0.3) is 5.89 Å². The van der Waals surface area contributed by atoms with Crippen LogP contribution in [0.1, 0.15) is 17.8 Å². The van der Waals surface area contributed by atoms with E-state index in [0.717, 1.165) is 12.3 Å². The van der Waals surface area contributed by atoms with Gasteiger partial charge in [0.1, 0.15) is 11.9 Å². The summed E-state index contributed by atoms with van der Waals surface area (Å²) in [5.41, 5.74) is 0. The molecule has 0 bridgehead atoms. The summed E-state index contributed by atoms with van der Waals surface area (Å²) in [6, 6.07) is 9.67. The number of hydrogen-bond acceptors (Lipinski definition) is 6. The number of benzene rings is 1. The molecule has 1 fully saturated rings. The van der Waals surface area contributed by atoms with Crippen molar-refractivity contribution in [2.24, 2.45) is 0 Å². The molecular weight excluding hydrogens is 258 g/mol. The number of ether oxygens (including phenoxy) is 2. The first-order valence-electron chi connectivity index (χ1n) is 6.74. The lowest BCUT2D eigenvalue weighted by atomic mass is 10.3. The molecule has 1 aromatic carbocycles. The molecule has 1 N–H and O–H groups in total. The number of rotatable bonds is 5. The van der Waals surface area contributed by atoms with Gasteiger partial charge < -0.3 is 19.3 Å². The van der Waals surface area contributed by atoms with Gasteiger partial charge in [-0.1, -0.05) is 23.4 Å². The molecule has 20 heavy (non-hydrogen) atoms. The maximum atomic E-state index is 5.60. The van der Waals surface area contributed by atoms with Gasteiger partial charge in [0.15, 0.2) is 5.82 Å². The van der Waals surface area contributed by atoms with Crippen LogP contribution in [0.2, 0.25) is 0 Å². The van der Waals surface area contributed by atoms with E-state index < -0.39 is 0 Å². The van der Waals surface area contributed by atoms with Crippen molar-refractivity contribution in [3.8, 4) is 5.75 Å². The Morgan fingerprint density at radius 3 is 3.00 bits per heavy atom. The molecule has 0 radical (unpaired) electrons. The highest BCUT2D eigenvalue weighted by molar-refractivity contribution is 5.20. The Morgan fingerprint density at radius 1 is 1.30 bits per heavy atom. The molecule has 1 unspecified atom stereocenters. The van der Waals surface area contributed by atoms with E-state index in [1.165, 1.54) is 0 Å². The Hall–Kier alpha value is -1.92. The maximum absolute atomic E-state index is 5.60. The summed E-state index contributed by atoms with van der Waals surface area (Å²) in [4.78, 5) is 4.34. The summed E-state index contributed by atoms with van der Waals surface area (Å²) < 4.78 is 16.4. The Bertz CT molecular complexity index is 523. The second kappa shape index (κ2) is 6.49. The van der Waals surface area contributed by atoms with E-state index in [-0.39, 0.29) is 6.10 Å². The van der Waals surface area contributed by atoms with Gasteiger partial charge in [-0.25, -0.2) is 0 Å². The number of para-hydroxylation sites is 1. The van der Waals surface area contributed by atoms with Crippen LogP contribution in [-0.4, -0.2) is 36.4 Å². The van der Waals surface area contributed by atoms with Gasteiger partial charge in [-0.2, -0.15) is 4.98 Å². The molecule has 1 atom stereocenters. The predicted molar refractivity (Wildman–Crippen MR) is 71.5 cm³/mol. The molecule has 2 aromatic rings. The molecule has 106 valence electrons. The molecule has 1 aromatic heterocycles. The Morgan fingerprint density at radius 2 is 2.20 bits per heavy atom. The first-order valence-corrected chi connectivity index (χ1v) is 6.74. The Kier molecular flexibility index (Phi) is 4.25. The zero-order chi connectivity index (χ0) is 13.6. The average Bonchev–Trinajstić information content (AvgIpc) is 2.98. The number of aromatic nitrogens is 2. The molecule has 0 saturated carbocycles. The molecular formula is C14H17N3O3. The van der Waals surface area contributed by atoms with Gasteiger partial charge in [-0.15, -0.1) is 0 Å². The molecule has 6 heteroatoms. The lowest BCUT2D eigenvalue weighted by Crippen LogP contribution is -2.33. The van der Waals surface area contributed by atoms with E-state index >= 15 is 0 Å². The third kappa shape index (κ3) is 3.34. The molecule has 0 spiro atoms. The summed E-state index contributed by atoms with van der Waals surface area (Å²) in [6.45, 7) is 2.76. The van der Waals surface area contributed by atoms with Gasteiger partial charge in [-0.3, -0.25) is 0 Å². The van der Waals surface area contributed by atoms with Crippen molar-refractivity contribution in [3.05, 3.63) is 42.0 Å². The second-order valence-corrected chi connectivity index (χ2v) is 4.52. The van der Waals surface area contributed by atoms with E-state index in [4.69, 9.17) is 14.0 Å². The fraction of sp³-hybridized carbons (Fsp3) is 0.429. The highest BCUT2D eigenvalue weighted by Crippen LogP contribution is 2.16. The SMILES string of the molecule is c1ccc(OCCc2noc(C3CNCCO3)n2)cc1. The van der Waals surface area contributed by atoms with Gasteiger partial charge in [0.2, 0.25) is 0 Å². The van der Waals surface area contributed by atoms with Crippen LogP contribution in [0.4, 0.5) is 0 Å². The summed E-state index contributed by atoms with van der Waals surface area (Å²) in [6.07, 6.45) is 0.471. The van der Waals surface area contributed by atoms with Crippen molar-refractivity contribution in [3.63, 3.8) is 0 Å². The lowest BCUT2D eigenvalue weighted by Gasteiger charge is -2.19. The van der Waals surface area contributed by atoms with Crippen LogP contribution in [0.25, 0.3) is 0 Å². The fourth-order valence-corrected chi connectivity index (χ4v) is 2.00. The van der Waals surface area contributed by atoms with Crippen molar-refractivity contribution in [2.45, 2.75) is 12.5 Å². The lowest BCUT2D eigenvalue weighted by molar-refractivity contribution is 0.00755. The number of nitrogens with one attached hydrogen (secondary N) is 1. The second-order valence-electron chi connectivity index (χ2n) is 4.52. The Balaban J connectivity index is 1.50. The average molecular weight is 275 g/mol. The normalized spacial score (nSPS) is 18.9. The molecule has 2 heterocycles. The van der Waals surface area contributed by atoms with E-state index in [1.807, 2.05) is 30.3 Å². The van der Waals surface area contributed by atoms with Crippen molar-refractivity contribution < 1.29 is 14.0 Å². The topological polar surface area (TPSA) is 69.4 Å². The van der Waals surface area contributed by atoms with Gasteiger partial charge in [-0.05, 0) is 12.1 Å². The Labute approximate surface area is 117 Å². The zero-order valence-electron chi connectivity index (χ0n) is 11.1. The van der Waals surface area contributed by atoms with Crippen LogP contribution in [-0.2, 0) is 11.2 Å². The maximum Gasteiger partial charge on any atom is 0.257 e. The molecule has 1 aliphatic rings. The first kappa shape index (κ1) is 13.1. The first-order chi connectivity index (χ1) is 9.92. The third-order valence-electron chi connectivity index (χ3n) is 3.02. The molecule has 1 saturated heterocycles. The quantitative estimate of drug-likeness (QED) is 0.888. The summed E-state index contributed by atoms with van der Waals surface area (Å²) >= 11 is 0. The standard InChI is InChI=1S/C14H17N3O3/c1-2-4-11(5-3-1)18-8-6-13-16-14(20-17-13)12-10-15-7-9-19-12/h1-5,12,15H,6-10H2. The van der Waals surface area contributed by atoms with Gasteiger partial charge in [0, 0.05) is 19.5 Å². The minimum absolute atomic E-state index is 0.139. The van der Waals surface area contributed by atoms with Crippen LogP contribution < -0.4 is 10.1 Å². The van der Waals surface area contributed by atoms with Crippen molar-refractivity contribution >= 4 is 0 Å². The van der Waals surface area contributed by atoms with Crippen LogP contribution >= 0.6 is 0 Å². The molecule has 0 aliphatic carbocycles. The largest absolute Gasteiger partial charge is 0.493 e. The van der Waals surface area contributed by atoms with Crippen molar-refractivity contribution in [1.82, 2.24) is 15.5 Å². The highest BCUT2D eigenvalue weighted by Gasteiger charge is 2.21. The van der Waals surface area contributed by atoms with E-state index in [9.17, 15) is 0 Å². The molecule has 1 aliphatic heterocycles. The van der Waals surface area contributed by atoms with Crippen LogP contribution in [0.5, 0.6) is 5.75 Å². The van der Waals surface area contributed by atoms with Crippen LogP contribution in [0.3, 0.4) is 0 Å². The highest BCUT2D eigenvalue weighted by atomic mass is 16.5. The monoisotopic (exact) mass is 275 g/mol. The fourth-order valence-electron chi connectivity index (χ4n) is 2.00. The van der Waals surface area contributed by atoms with Crippen LogP contribution in [0.15, 0.2) is 34.9 Å². The van der Waals surface area contributed by atoms with Crippen molar-refractivity contribution in [2.75, 3.05) is 26.3 Å². The smallest absolute Gasteiger partial charge is 0.257 e. The number of morpholine rings is 1. The predicted octanol–water partition coefficient (Wildman–Crippen LogP) is 1.35.